The molecule has 1 atom stereocenters. The highest BCUT2D eigenvalue weighted by Crippen LogP contribution is 2.03. The van der Waals surface area contributed by atoms with Gasteiger partial charge in [0.2, 0.25) is 5.91 Å². The van der Waals surface area contributed by atoms with E-state index in [4.69, 9.17) is 15.3 Å². The molecule has 0 aliphatic rings. The SMILES string of the molecule is CC(NC(=O)c1ccccc1)C(=O)NC(CO)(CO)CO. The van der Waals surface area contributed by atoms with Crippen LogP contribution in [0.2, 0.25) is 0 Å². The summed E-state index contributed by atoms with van der Waals surface area (Å²) in [4.78, 5) is 23.8. The third kappa shape index (κ3) is 4.52. The van der Waals surface area contributed by atoms with Crippen LogP contribution in [0.1, 0.15) is 17.3 Å². The van der Waals surface area contributed by atoms with Crippen LogP contribution in [0.25, 0.3) is 0 Å². The number of nitrogens with one attached hydrogen (secondary N) is 2. The predicted molar refractivity (Wildman–Crippen MR) is 75.5 cm³/mol. The maximum absolute atomic E-state index is 11.9. The zero-order chi connectivity index (χ0) is 15.9. The van der Waals surface area contributed by atoms with Gasteiger partial charge in [-0.2, -0.15) is 0 Å². The van der Waals surface area contributed by atoms with Gasteiger partial charge in [-0.25, -0.2) is 0 Å². The van der Waals surface area contributed by atoms with Crippen molar-refractivity contribution in [3.05, 3.63) is 35.9 Å². The van der Waals surface area contributed by atoms with E-state index in [9.17, 15) is 9.59 Å². The van der Waals surface area contributed by atoms with Crippen LogP contribution >= 0.6 is 0 Å². The second kappa shape index (κ2) is 7.72. The summed E-state index contributed by atoms with van der Waals surface area (Å²) in [5.41, 5.74) is -1.10. The van der Waals surface area contributed by atoms with Crippen LogP contribution in [-0.4, -0.2) is 58.5 Å². The summed E-state index contributed by atoms with van der Waals surface area (Å²) in [5.74, 6) is -1.03. The van der Waals surface area contributed by atoms with Crippen LogP contribution in [-0.2, 0) is 4.79 Å². The van der Waals surface area contributed by atoms with E-state index in [1.807, 2.05) is 0 Å². The fraction of sp³-hybridized carbons (Fsp3) is 0.429. The van der Waals surface area contributed by atoms with Gasteiger partial charge in [0.1, 0.15) is 11.6 Å². The molecule has 0 radical (unpaired) electrons. The number of carbonyl (C=O) groups excluding carboxylic acids is 2. The van der Waals surface area contributed by atoms with Crippen molar-refractivity contribution in [2.45, 2.75) is 18.5 Å². The van der Waals surface area contributed by atoms with E-state index < -0.39 is 43.2 Å². The Kier molecular flexibility index (Phi) is 6.29. The number of hydrogen-bond acceptors (Lipinski definition) is 5. The van der Waals surface area contributed by atoms with Gasteiger partial charge in [0.05, 0.1) is 19.8 Å². The van der Waals surface area contributed by atoms with Crippen molar-refractivity contribution in [3.63, 3.8) is 0 Å². The number of carbonyl (C=O) groups is 2. The molecule has 0 aliphatic heterocycles. The zero-order valence-electron chi connectivity index (χ0n) is 11.7. The molecule has 0 aromatic heterocycles. The first-order chi connectivity index (χ1) is 9.98. The molecule has 116 valence electrons. The van der Waals surface area contributed by atoms with Gasteiger partial charge in [-0.1, -0.05) is 18.2 Å². The van der Waals surface area contributed by atoms with Crippen LogP contribution in [0.3, 0.4) is 0 Å². The first-order valence-electron chi connectivity index (χ1n) is 6.48. The maximum Gasteiger partial charge on any atom is 0.251 e. The summed E-state index contributed by atoms with van der Waals surface area (Å²) >= 11 is 0. The van der Waals surface area contributed by atoms with Gasteiger partial charge < -0.3 is 26.0 Å². The molecule has 2 amide bonds. The number of aliphatic hydroxyl groups excluding tert-OH is 3. The van der Waals surface area contributed by atoms with E-state index in [-0.39, 0.29) is 0 Å². The molecule has 7 heteroatoms. The summed E-state index contributed by atoms with van der Waals surface area (Å²) in [6.45, 7) is -0.395. The Morgan fingerprint density at radius 2 is 1.62 bits per heavy atom. The molecule has 1 aromatic rings. The molecule has 1 rings (SSSR count). The molecule has 0 saturated carbocycles. The average molecular weight is 296 g/mol. The fourth-order valence-electron chi connectivity index (χ4n) is 1.57. The molecule has 0 fully saturated rings. The van der Waals surface area contributed by atoms with Gasteiger partial charge >= 0.3 is 0 Å². The molecule has 0 heterocycles. The van der Waals surface area contributed by atoms with Crippen LogP contribution in [0.5, 0.6) is 0 Å². The summed E-state index contributed by atoms with van der Waals surface area (Å²) in [6.07, 6.45) is 0. The quantitative estimate of drug-likeness (QED) is 0.426. The average Bonchev–Trinajstić information content (AvgIpc) is 2.53. The third-order valence-corrected chi connectivity index (χ3v) is 3.07. The largest absolute Gasteiger partial charge is 0.394 e. The van der Waals surface area contributed by atoms with Crippen molar-refractivity contribution in [1.29, 1.82) is 0 Å². The van der Waals surface area contributed by atoms with Crippen molar-refractivity contribution >= 4 is 11.8 Å². The Morgan fingerprint density at radius 1 is 1.10 bits per heavy atom. The molecular formula is C14H20N2O5. The summed E-state index contributed by atoms with van der Waals surface area (Å²) in [7, 11) is 0. The van der Waals surface area contributed by atoms with Crippen molar-refractivity contribution < 1.29 is 24.9 Å². The molecule has 5 N–H and O–H groups in total. The van der Waals surface area contributed by atoms with Gasteiger partial charge in [-0.15, -0.1) is 0 Å². The minimum absolute atomic E-state index is 0.412. The normalized spacial score (nSPS) is 12.6. The van der Waals surface area contributed by atoms with Crippen LogP contribution in [0.4, 0.5) is 0 Å². The van der Waals surface area contributed by atoms with Gasteiger partial charge in [0.25, 0.3) is 5.91 Å². The smallest absolute Gasteiger partial charge is 0.251 e. The molecular weight excluding hydrogens is 276 g/mol. The van der Waals surface area contributed by atoms with Crippen molar-refractivity contribution in [2.24, 2.45) is 0 Å². The van der Waals surface area contributed by atoms with E-state index in [0.717, 1.165) is 0 Å². The van der Waals surface area contributed by atoms with Gasteiger partial charge in [-0.05, 0) is 19.1 Å². The Bertz CT molecular complexity index is 465. The molecule has 1 aromatic carbocycles. The first-order valence-corrected chi connectivity index (χ1v) is 6.48. The number of amides is 2. The highest BCUT2D eigenvalue weighted by Gasteiger charge is 2.31. The molecule has 0 saturated heterocycles. The topological polar surface area (TPSA) is 119 Å². The molecule has 1 unspecified atom stereocenters. The highest BCUT2D eigenvalue weighted by atomic mass is 16.3. The summed E-state index contributed by atoms with van der Waals surface area (Å²) < 4.78 is 0. The Hall–Kier alpha value is -1.96. The molecule has 0 spiro atoms. The lowest BCUT2D eigenvalue weighted by atomic mass is 10.0. The number of aliphatic hydroxyl groups is 3. The van der Waals surface area contributed by atoms with E-state index in [2.05, 4.69) is 10.6 Å². The number of rotatable bonds is 7. The lowest BCUT2D eigenvalue weighted by molar-refractivity contribution is -0.126. The number of hydrogen-bond donors (Lipinski definition) is 5. The van der Waals surface area contributed by atoms with Gasteiger partial charge in [0, 0.05) is 5.56 Å². The van der Waals surface area contributed by atoms with Crippen molar-refractivity contribution in [1.82, 2.24) is 10.6 Å². The second-order valence-electron chi connectivity index (χ2n) is 4.81. The summed E-state index contributed by atoms with van der Waals surface area (Å²) in [6, 6.07) is 7.51. The second-order valence-corrected chi connectivity index (χ2v) is 4.81. The lowest BCUT2D eigenvalue weighted by Gasteiger charge is -2.30. The van der Waals surface area contributed by atoms with Gasteiger partial charge in [-0.3, -0.25) is 9.59 Å². The molecule has 7 nitrogen and oxygen atoms in total. The van der Waals surface area contributed by atoms with E-state index in [0.29, 0.717) is 5.56 Å². The molecule has 0 aliphatic carbocycles. The Morgan fingerprint density at radius 3 is 2.10 bits per heavy atom. The third-order valence-electron chi connectivity index (χ3n) is 3.07. The zero-order valence-corrected chi connectivity index (χ0v) is 11.7. The molecule has 21 heavy (non-hydrogen) atoms. The Labute approximate surface area is 122 Å². The lowest BCUT2D eigenvalue weighted by Crippen LogP contribution is -2.60. The minimum Gasteiger partial charge on any atom is -0.394 e. The van der Waals surface area contributed by atoms with E-state index >= 15 is 0 Å². The first kappa shape index (κ1) is 17.1. The van der Waals surface area contributed by atoms with Crippen molar-refractivity contribution in [3.8, 4) is 0 Å². The highest BCUT2D eigenvalue weighted by molar-refractivity contribution is 5.97. The molecule has 0 bridgehead atoms. The maximum atomic E-state index is 11.9. The number of benzene rings is 1. The minimum atomic E-state index is -1.51. The fourth-order valence-corrected chi connectivity index (χ4v) is 1.57. The van der Waals surface area contributed by atoms with Crippen LogP contribution < -0.4 is 10.6 Å². The van der Waals surface area contributed by atoms with Crippen LogP contribution in [0, 0.1) is 0 Å². The van der Waals surface area contributed by atoms with E-state index in [1.165, 1.54) is 6.92 Å². The Balaban J connectivity index is 2.65. The predicted octanol–water partition coefficient (Wildman–Crippen LogP) is -1.36. The summed E-state index contributed by atoms with van der Waals surface area (Å²) in [5, 5.41) is 32.3. The van der Waals surface area contributed by atoms with Crippen LogP contribution in [0.15, 0.2) is 30.3 Å². The standard InChI is InChI=1S/C14H20N2O5/c1-10(12(20)16-14(7-17,8-18)9-19)15-13(21)11-5-3-2-4-6-11/h2-6,10,17-19H,7-9H2,1H3,(H,15,21)(H,16,20). The van der Waals surface area contributed by atoms with Gasteiger partial charge in [0.15, 0.2) is 0 Å². The van der Waals surface area contributed by atoms with E-state index in [1.54, 1.807) is 30.3 Å². The van der Waals surface area contributed by atoms with Crippen molar-refractivity contribution in [2.75, 3.05) is 19.8 Å². The monoisotopic (exact) mass is 296 g/mol.